The third-order valence-corrected chi connectivity index (χ3v) is 3.81. The molecule has 1 aromatic carbocycles. The highest BCUT2D eigenvalue weighted by Crippen LogP contribution is 2.34. The van der Waals surface area contributed by atoms with Crippen LogP contribution in [0.4, 0.5) is 0 Å². The Kier molecular flexibility index (Phi) is 4.78. The van der Waals surface area contributed by atoms with Gasteiger partial charge in [0.1, 0.15) is 0 Å². The second kappa shape index (κ2) is 6.55. The number of ether oxygens (including phenoxy) is 1. The summed E-state index contributed by atoms with van der Waals surface area (Å²) in [7, 11) is 0. The topological polar surface area (TPSA) is 26.3 Å². The van der Waals surface area contributed by atoms with Gasteiger partial charge in [0, 0.05) is 6.08 Å². The minimum atomic E-state index is -0.264. The van der Waals surface area contributed by atoms with Crippen LogP contribution in [-0.4, -0.2) is 12.6 Å². The first kappa shape index (κ1) is 13.9. The standard InChI is InChI=1S/C17H22O2/c1-3-19-17(18)12-13(2)14-8-10-16(11-9-14)15-6-4-5-7-15/h8-12,15H,3-7H2,1-2H3/b13-12+. The largest absolute Gasteiger partial charge is 0.463 e. The summed E-state index contributed by atoms with van der Waals surface area (Å²) < 4.78 is 4.92. The van der Waals surface area contributed by atoms with E-state index in [9.17, 15) is 4.79 Å². The number of esters is 1. The fourth-order valence-electron chi connectivity index (χ4n) is 2.72. The molecular weight excluding hydrogens is 236 g/mol. The first-order valence-corrected chi connectivity index (χ1v) is 7.16. The van der Waals surface area contributed by atoms with Crippen molar-refractivity contribution in [3.05, 3.63) is 41.5 Å². The SMILES string of the molecule is CCOC(=O)/C=C(\C)c1ccc(C2CCCC2)cc1. The lowest BCUT2D eigenvalue weighted by Gasteiger charge is -2.10. The van der Waals surface area contributed by atoms with E-state index in [0.29, 0.717) is 6.61 Å². The van der Waals surface area contributed by atoms with Crippen molar-refractivity contribution >= 4 is 11.5 Å². The van der Waals surface area contributed by atoms with Gasteiger partial charge in [0.25, 0.3) is 0 Å². The third kappa shape index (κ3) is 3.69. The van der Waals surface area contributed by atoms with Gasteiger partial charge in [-0.1, -0.05) is 37.1 Å². The zero-order valence-electron chi connectivity index (χ0n) is 11.8. The molecule has 2 heteroatoms. The van der Waals surface area contributed by atoms with Crippen molar-refractivity contribution in [1.82, 2.24) is 0 Å². The van der Waals surface area contributed by atoms with Gasteiger partial charge in [0.05, 0.1) is 6.61 Å². The number of carbonyl (C=O) groups is 1. The summed E-state index contributed by atoms with van der Waals surface area (Å²) in [5.74, 6) is 0.475. The summed E-state index contributed by atoms with van der Waals surface area (Å²) in [5, 5.41) is 0. The van der Waals surface area contributed by atoms with Gasteiger partial charge < -0.3 is 4.74 Å². The van der Waals surface area contributed by atoms with Gasteiger partial charge in [0.2, 0.25) is 0 Å². The maximum atomic E-state index is 11.4. The summed E-state index contributed by atoms with van der Waals surface area (Å²) >= 11 is 0. The monoisotopic (exact) mass is 258 g/mol. The number of hydrogen-bond acceptors (Lipinski definition) is 2. The van der Waals surface area contributed by atoms with Crippen LogP contribution in [0.5, 0.6) is 0 Å². The van der Waals surface area contributed by atoms with Crippen molar-refractivity contribution in [1.29, 1.82) is 0 Å². The first-order valence-electron chi connectivity index (χ1n) is 7.16. The van der Waals surface area contributed by atoms with Gasteiger partial charge in [-0.25, -0.2) is 4.79 Å². The molecule has 1 fully saturated rings. The molecule has 2 rings (SSSR count). The van der Waals surface area contributed by atoms with E-state index in [1.54, 1.807) is 6.08 Å². The van der Waals surface area contributed by atoms with Crippen LogP contribution in [0, 0.1) is 0 Å². The normalized spacial score (nSPS) is 16.6. The van der Waals surface area contributed by atoms with E-state index in [0.717, 1.165) is 17.1 Å². The van der Waals surface area contributed by atoms with E-state index in [1.807, 2.05) is 13.8 Å². The molecule has 0 N–H and O–H groups in total. The number of carbonyl (C=O) groups excluding carboxylic acids is 1. The molecule has 0 bridgehead atoms. The Labute approximate surface area is 115 Å². The number of allylic oxidation sites excluding steroid dienone is 1. The van der Waals surface area contributed by atoms with Gasteiger partial charge in [-0.2, -0.15) is 0 Å². The summed E-state index contributed by atoms with van der Waals surface area (Å²) in [6.07, 6.45) is 6.91. The highest BCUT2D eigenvalue weighted by molar-refractivity contribution is 5.90. The first-order chi connectivity index (χ1) is 9.20. The third-order valence-electron chi connectivity index (χ3n) is 3.81. The molecule has 1 aliphatic rings. The summed E-state index contributed by atoms with van der Waals surface area (Å²) in [5.41, 5.74) is 3.48. The van der Waals surface area contributed by atoms with E-state index in [1.165, 1.54) is 31.2 Å². The Balaban J connectivity index is 2.07. The van der Waals surface area contributed by atoms with E-state index in [4.69, 9.17) is 4.74 Å². The lowest BCUT2D eigenvalue weighted by Crippen LogP contribution is -2.00. The lowest BCUT2D eigenvalue weighted by atomic mass is 9.95. The van der Waals surface area contributed by atoms with Crippen molar-refractivity contribution in [3.63, 3.8) is 0 Å². The molecule has 2 nitrogen and oxygen atoms in total. The Bertz CT molecular complexity index is 451. The minimum absolute atomic E-state index is 0.264. The van der Waals surface area contributed by atoms with Crippen LogP contribution in [-0.2, 0) is 9.53 Å². The maximum Gasteiger partial charge on any atom is 0.331 e. The average molecular weight is 258 g/mol. The molecule has 0 aliphatic heterocycles. The Morgan fingerprint density at radius 1 is 1.26 bits per heavy atom. The summed E-state index contributed by atoms with van der Waals surface area (Å²) in [4.78, 5) is 11.4. The molecule has 19 heavy (non-hydrogen) atoms. The van der Waals surface area contributed by atoms with Gasteiger partial charge in [0.15, 0.2) is 0 Å². The molecule has 0 atom stereocenters. The fraction of sp³-hybridized carbons (Fsp3) is 0.471. The highest BCUT2D eigenvalue weighted by Gasteiger charge is 2.16. The average Bonchev–Trinajstić information content (AvgIpc) is 2.93. The summed E-state index contributed by atoms with van der Waals surface area (Å²) in [6, 6.07) is 8.62. The zero-order valence-corrected chi connectivity index (χ0v) is 11.8. The van der Waals surface area contributed by atoms with E-state index in [-0.39, 0.29) is 5.97 Å². The van der Waals surface area contributed by atoms with Gasteiger partial charge in [-0.15, -0.1) is 0 Å². The van der Waals surface area contributed by atoms with Crippen molar-refractivity contribution in [3.8, 4) is 0 Å². The predicted octanol–water partition coefficient (Wildman–Crippen LogP) is 4.31. The molecule has 0 spiro atoms. The van der Waals surface area contributed by atoms with Crippen LogP contribution in [0.2, 0.25) is 0 Å². The second-order valence-corrected chi connectivity index (χ2v) is 5.18. The maximum absolute atomic E-state index is 11.4. The van der Waals surface area contributed by atoms with Crippen LogP contribution in [0.3, 0.4) is 0 Å². The van der Waals surface area contributed by atoms with Crippen molar-refractivity contribution in [2.24, 2.45) is 0 Å². The molecule has 1 saturated carbocycles. The molecule has 0 amide bonds. The molecule has 0 heterocycles. The van der Waals surface area contributed by atoms with Crippen LogP contribution < -0.4 is 0 Å². The number of hydrogen-bond donors (Lipinski definition) is 0. The molecule has 1 aromatic rings. The fourth-order valence-corrected chi connectivity index (χ4v) is 2.72. The van der Waals surface area contributed by atoms with Gasteiger partial charge >= 0.3 is 5.97 Å². The zero-order chi connectivity index (χ0) is 13.7. The molecule has 0 aromatic heterocycles. The lowest BCUT2D eigenvalue weighted by molar-refractivity contribution is -0.137. The molecular formula is C17H22O2. The second-order valence-electron chi connectivity index (χ2n) is 5.18. The van der Waals surface area contributed by atoms with Crippen LogP contribution in [0.25, 0.3) is 5.57 Å². The van der Waals surface area contributed by atoms with Gasteiger partial charge in [-0.3, -0.25) is 0 Å². The van der Waals surface area contributed by atoms with E-state index < -0.39 is 0 Å². The van der Waals surface area contributed by atoms with Crippen molar-refractivity contribution in [2.45, 2.75) is 45.4 Å². The number of rotatable bonds is 4. The Hall–Kier alpha value is -1.57. The minimum Gasteiger partial charge on any atom is -0.463 e. The molecule has 0 saturated heterocycles. The number of benzene rings is 1. The van der Waals surface area contributed by atoms with E-state index >= 15 is 0 Å². The molecule has 1 aliphatic carbocycles. The van der Waals surface area contributed by atoms with Crippen molar-refractivity contribution in [2.75, 3.05) is 6.61 Å². The van der Waals surface area contributed by atoms with Gasteiger partial charge in [-0.05, 0) is 49.3 Å². The molecule has 102 valence electrons. The molecule has 0 radical (unpaired) electrons. The highest BCUT2D eigenvalue weighted by atomic mass is 16.5. The predicted molar refractivity (Wildman–Crippen MR) is 77.9 cm³/mol. The Morgan fingerprint density at radius 2 is 1.89 bits per heavy atom. The van der Waals surface area contributed by atoms with Crippen LogP contribution in [0.1, 0.15) is 56.6 Å². The van der Waals surface area contributed by atoms with Crippen molar-refractivity contribution < 1.29 is 9.53 Å². The van der Waals surface area contributed by atoms with E-state index in [2.05, 4.69) is 24.3 Å². The Morgan fingerprint density at radius 3 is 2.47 bits per heavy atom. The van der Waals surface area contributed by atoms with Crippen LogP contribution in [0.15, 0.2) is 30.3 Å². The molecule has 0 unspecified atom stereocenters. The smallest absolute Gasteiger partial charge is 0.331 e. The quantitative estimate of drug-likeness (QED) is 0.594. The van der Waals surface area contributed by atoms with Crippen LogP contribution >= 0.6 is 0 Å². The summed E-state index contributed by atoms with van der Waals surface area (Å²) in [6.45, 7) is 4.18.